The molecule has 126 valence electrons. The van der Waals surface area contributed by atoms with Crippen LogP contribution in [0.25, 0.3) is 0 Å². The predicted octanol–water partition coefficient (Wildman–Crippen LogP) is -0.132. The zero-order valence-corrected chi connectivity index (χ0v) is 12.6. The summed E-state index contributed by atoms with van der Waals surface area (Å²) in [6, 6.07) is 0. The highest BCUT2D eigenvalue weighted by molar-refractivity contribution is 5.77. The molecule has 0 aliphatic carbocycles. The molecule has 0 amide bonds. The first kappa shape index (κ1) is 15.9. The average Bonchev–Trinajstić information content (AvgIpc) is 2.57. The largest absolute Gasteiger partial charge is 0.479 e. The van der Waals surface area contributed by atoms with E-state index >= 15 is 0 Å². The molecular formula is C14H19FN4O4. The van der Waals surface area contributed by atoms with Crippen molar-refractivity contribution < 1.29 is 24.1 Å². The van der Waals surface area contributed by atoms with Crippen molar-refractivity contribution in [1.82, 2.24) is 9.97 Å². The third kappa shape index (κ3) is 3.20. The molecule has 9 heteroatoms. The first-order valence-corrected chi connectivity index (χ1v) is 7.55. The lowest BCUT2D eigenvalue weighted by Gasteiger charge is -2.35. The van der Waals surface area contributed by atoms with Gasteiger partial charge in [-0.25, -0.2) is 14.2 Å². The van der Waals surface area contributed by atoms with E-state index in [4.69, 9.17) is 9.84 Å². The molecule has 1 aromatic rings. The van der Waals surface area contributed by atoms with Crippen LogP contribution >= 0.6 is 0 Å². The molecule has 3 rings (SSSR count). The fourth-order valence-corrected chi connectivity index (χ4v) is 2.79. The van der Waals surface area contributed by atoms with Crippen LogP contribution < -0.4 is 9.80 Å². The summed E-state index contributed by atoms with van der Waals surface area (Å²) in [5.74, 6) is -1.13. The summed E-state index contributed by atoms with van der Waals surface area (Å²) < 4.78 is 19.3. The van der Waals surface area contributed by atoms with E-state index in [1.54, 1.807) is 4.90 Å². The van der Waals surface area contributed by atoms with Gasteiger partial charge < -0.3 is 24.7 Å². The Balaban J connectivity index is 1.75. The van der Waals surface area contributed by atoms with Gasteiger partial charge in [0.15, 0.2) is 17.2 Å². The fourth-order valence-electron chi connectivity index (χ4n) is 2.79. The number of aromatic nitrogens is 2. The molecule has 2 aliphatic rings. The second-order valence-electron chi connectivity index (χ2n) is 5.76. The predicted molar refractivity (Wildman–Crippen MR) is 79.1 cm³/mol. The van der Waals surface area contributed by atoms with Gasteiger partial charge in [0.2, 0.25) is 5.95 Å². The maximum Gasteiger partial charge on any atom is 0.335 e. The van der Waals surface area contributed by atoms with Crippen LogP contribution in [0, 0.1) is 5.82 Å². The summed E-state index contributed by atoms with van der Waals surface area (Å²) in [7, 11) is 0. The number of aliphatic carboxylic acids is 1. The zero-order valence-electron chi connectivity index (χ0n) is 12.6. The first-order chi connectivity index (χ1) is 11.0. The minimum absolute atomic E-state index is 0.0793. The van der Waals surface area contributed by atoms with Crippen molar-refractivity contribution in [3.05, 3.63) is 12.0 Å². The SMILES string of the molecule is O=C(O)C1(O)CCN(c2ncc(F)c(N3CCOCC3)n2)CC1. The van der Waals surface area contributed by atoms with Crippen LogP contribution in [-0.4, -0.2) is 71.1 Å². The van der Waals surface area contributed by atoms with E-state index in [2.05, 4.69) is 9.97 Å². The minimum Gasteiger partial charge on any atom is -0.479 e. The Morgan fingerprint density at radius 2 is 1.87 bits per heavy atom. The number of piperidine rings is 1. The molecule has 8 nitrogen and oxygen atoms in total. The molecule has 23 heavy (non-hydrogen) atoms. The molecule has 0 unspecified atom stereocenters. The second kappa shape index (κ2) is 6.25. The molecule has 0 bridgehead atoms. The summed E-state index contributed by atoms with van der Waals surface area (Å²) in [6.45, 7) is 2.77. The van der Waals surface area contributed by atoms with Crippen molar-refractivity contribution in [3.63, 3.8) is 0 Å². The van der Waals surface area contributed by atoms with Gasteiger partial charge >= 0.3 is 5.97 Å². The minimum atomic E-state index is -1.70. The monoisotopic (exact) mass is 326 g/mol. The molecule has 0 spiro atoms. The summed E-state index contributed by atoms with van der Waals surface area (Å²) in [5, 5.41) is 19.0. The van der Waals surface area contributed by atoms with Crippen molar-refractivity contribution in [2.75, 3.05) is 49.2 Å². The number of aliphatic hydroxyl groups is 1. The second-order valence-corrected chi connectivity index (χ2v) is 5.76. The topological polar surface area (TPSA) is 99.0 Å². The van der Waals surface area contributed by atoms with E-state index in [-0.39, 0.29) is 18.7 Å². The number of carboxylic acid groups (broad SMARTS) is 1. The molecule has 2 fully saturated rings. The molecule has 0 radical (unpaired) electrons. The lowest BCUT2D eigenvalue weighted by Crippen LogP contribution is -2.49. The van der Waals surface area contributed by atoms with Gasteiger partial charge in [-0.1, -0.05) is 0 Å². The van der Waals surface area contributed by atoms with E-state index in [0.29, 0.717) is 45.3 Å². The van der Waals surface area contributed by atoms with Crippen LogP contribution in [0.4, 0.5) is 16.2 Å². The third-order valence-electron chi connectivity index (χ3n) is 4.30. The number of hydrogen-bond acceptors (Lipinski definition) is 7. The van der Waals surface area contributed by atoms with Crippen molar-refractivity contribution in [1.29, 1.82) is 0 Å². The van der Waals surface area contributed by atoms with E-state index in [9.17, 15) is 14.3 Å². The first-order valence-electron chi connectivity index (χ1n) is 7.55. The van der Waals surface area contributed by atoms with Gasteiger partial charge in [-0.2, -0.15) is 4.98 Å². The lowest BCUT2D eigenvalue weighted by molar-refractivity contribution is -0.160. The van der Waals surface area contributed by atoms with Gasteiger partial charge in [-0.3, -0.25) is 0 Å². The van der Waals surface area contributed by atoms with Crippen LogP contribution in [-0.2, 0) is 9.53 Å². The van der Waals surface area contributed by atoms with Crippen LogP contribution in [0.2, 0.25) is 0 Å². The highest BCUT2D eigenvalue weighted by atomic mass is 19.1. The number of ether oxygens (including phenoxy) is 1. The summed E-state index contributed by atoms with van der Waals surface area (Å²) in [5.41, 5.74) is -1.70. The molecule has 3 heterocycles. The number of nitrogens with zero attached hydrogens (tertiary/aromatic N) is 4. The van der Waals surface area contributed by atoms with Crippen molar-refractivity contribution in [2.24, 2.45) is 0 Å². The molecular weight excluding hydrogens is 307 g/mol. The maximum absolute atomic E-state index is 14.0. The van der Waals surface area contributed by atoms with Crippen molar-refractivity contribution in [3.8, 4) is 0 Å². The highest BCUT2D eigenvalue weighted by Crippen LogP contribution is 2.26. The molecule has 1 aromatic heterocycles. The number of halogens is 1. The summed E-state index contributed by atoms with van der Waals surface area (Å²) >= 11 is 0. The van der Waals surface area contributed by atoms with E-state index in [1.807, 2.05) is 4.90 Å². The summed E-state index contributed by atoms with van der Waals surface area (Å²) in [4.78, 5) is 22.9. The van der Waals surface area contributed by atoms with Gasteiger partial charge in [0.05, 0.1) is 19.4 Å². The third-order valence-corrected chi connectivity index (χ3v) is 4.30. The lowest BCUT2D eigenvalue weighted by atomic mass is 9.92. The maximum atomic E-state index is 14.0. The van der Waals surface area contributed by atoms with Crippen molar-refractivity contribution >= 4 is 17.7 Å². The molecule has 2 aliphatic heterocycles. The Labute approximate surface area is 132 Å². The molecule has 0 aromatic carbocycles. The van der Waals surface area contributed by atoms with Gasteiger partial charge in [-0.15, -0.1) is 0 Å². The Kier molecular flexibility index (Phi) is 4.31. The Hall–Kier alpha value is -2.00. The van der Waals surface area contributed by atoms with Gasteiger partial charge in [-0.05, 0) is 0 Å². The van der Waals surface area contributed by atoms with Gasteiger partial charge in [0.1, 0.15) is 0 Å². The van der Waals surface area contributed by atoms with Gasteiger partial charge in [0.25, 0.3) is 0 Å². The highest BCUT2D eigenvalue weighted by Gasteiger charge is 2.40. The number of anilines is 2. The quantitative estimate of drug-likeness (QED) is 0.792. The van der Waals surface area contributed by atoms with E-state index in [0.717, 1.165) is 6.20 Å². The fraction of sp³-hybridized carbons (Fsp3) is 0.643. The molecule has 2 N–H and O–H groups in total. The Morgan fingerprint density at radius 1 is 1.22 bits per heavy atom. The number of carboxylic acids is 1. The van der Waals surface area contributed by atoms with Gasteiger partial charge in [0, 0.05) is 39.0 Å². The number of carbonyl (C=O) groups is 1. The molecule has 0 atom stereocenters. The van der Waals surface area contributed by atoms with E-state index in [1.165, 1.54) is 0 Å². The standard InChI is InChI=1S/C14H19FN4O4/c15-10-9-16-13(17-11(10)18-5-7-23-8-6-18)19-3-1-14(22,2-4-19)12(20)21/h9,22H,1-8H2,(H,20,21). The normalized spacial score (nSPS) is 21.3. The van der Waals surface area contributed by atoms with Crippen molar-refractivity contribution in [2.45, 2.75) is 18.4 Å². The molecule has 0 saturated carbocycles. The van der Waals surface area contributed by atoms with Crippen LogP contribution in [0.3, 0.4) is 0 Å². The number of morpholine rings is 1. The van der Waals surface area contributed by atoms with Crippen LogP contribution in [0.15, 0.2) is 6.20 Å². The number of hydrogen-bond donors (Lipinski definition) is 2. The average molecular weight is 326 g/mol. The number of rotatable bonds is 3. The Morgan fingerprint density at radius 3 is 2.48 bits per heavy atom. The Bertz CT molecular complexity index is 586. The zero-order chi connectivity index (χ0) is 16.4. The summed E-state index contributed by atoms with van der Waals surface area (Å²) in [6.07, 6.45) is 1.29. The van der Waals surface area contributed by atoms with Crippen LogP contribution in [0.5, 0.6) is 0 Å². The molecule has 2 saturated heterocycles. The van der Waals surface area contributed by atoms with E-state index < -0.39 is 17.4 Å². The smallest absolute Gasteiger partial charge is 0.335 e. The van der Waals surface area contributed by atoms with Crippen LogP contribution in [0.1, 0.15) is 12.8 Å².